The van der Waals surface area contributed by atoms with Gasteiger partial charge in [0.15, 0.2) is 5.78 Å². The average molecular weight is 504 g/mol. The first-order valence-electron chi connectivity index (χ1n) is 8.46. The molecule has 0 saturated heterocycles. The second-order valence-corrected chi connectivity index (χ2v) is 7.47. The fraction of sp³-hybridized carbons (Fsp3) is 0.105. The number of aromatic nitrogens is 3. The Balaban J connectivity index is 1.85. The minimum Gasteiger partial charge on any atom is -0.478 e. The lowest BCUT2D eigenvalue weighted by atomic mass is 10.1. The zero-order chi connectivity index (χ0) is 21.0. The highest BCUT2D eigenvalue weighted by Gasteiger charge is 2.11. The van der Waals surface area contributed by atoms with E-state index >= 15 is 0 Å². The van der Waals surface area contributed by atoms with Crippen LogP contribution in [0.15, 0.2) is 48.5 Å². The molecule has 0 spiro atoms. The molecule has 3 rings (SSSR count). The summed E-state index contributed by atoms with van der Waals surface area (Å²) in [5.74, 6) is 0.0371. The van der Waals surface area contributed by atoms with Crippen LogP contribution in [0, 0.1) is 0 Å². The second-order valence-electron chi connectivity index (χ2n) is 6.03. The number of carbonyl (C=O) groups excluding carboxylic acids is 1. The molecular formula is C19H17IN6O3. The van der Waals surface area contributed by atoms with Gasteiger partial charge in [0.2, 0.25) is 17.8 Å². The van der Waals surface area contributed by atoms with E-state index in [1.165, 1.54) is 19.1 Å². The maximum atomic E-state index is 11.4. The van der Waals surface area contributed by atoms with E-state index in [-0.39, 0.29) is 11.3 Å². The van der Waals surface area contributed by atoms with Crippen molar-refractivity contribution in [2.75, 3.05) is 20.8 Å². The van der Waals surface area contributed by atoms with Gasteiger partial charge in [-0.25, -0.2) is 4.79 Å². The van der Waals surface area contributed by atoms with Crippen LogP contribution >= 0.6 is 22.9 Å². The van der Waals surface area contributed by atoms with Gasteiger partial charge >= 0.3 is 5.97 Å². The van der Waals surface area contributed by atoms with Gasteiger partial charge in [-0.15, -0.1) is 0 Å². The number of hydrogen-bond acceptors (Lipinski definition) is 8. The van der Waals surface area contributed by atoms with Crippen LogP contribution in [0.1, 0.15) is 27.6 Å². The number of aromatic carboxylic acids is 1. The second kappa shape index (κ2) is 8.82. The van der Waals surface area contributed by atoms with Crippen molar-refractivity contribution in [3.63, 3.8) is 0 Å². The minimum atomic E-state index is -0.993. The van der Waals surface area contributed by atoms with Crippen LogP contribution in [0.3, 0.4) is 0 Å². The number of carboxylic acid groups (broad SMARTS) is 1. The van der Waals surface area contributed by atoms with Gasteiger partial charge in [-0.05, 0) is 55.5 Å². The summed E-state index contributed by atoms with van der Waals surface area (Å²) in [6.45, 7) is 1.51. The van der Waals surface area contributed by atoms with Crippen LogP contribution in [-0.4, -0.2) is 38.9 Å². The molecule has 0 unspecified atom stereocenters. The molecule has 1 aromatic heterocycles. The summed E-state index contributed by atoms with van der Waals surface area (Å²) >= 11 is 2.05. The Bertz CT molecular complexity index is 961. The molecule has 0 saturated carbocycles. The Labute approximate surface area is 180 Å². The molecule has 0 fully saturated rings. The third kappa shape index (κ3) is 5.38. The predicted molar refractivity (Wildman–Crippen MR) is 119 cm³/mol. The van der Waals surface area contributed by atoms with Crippen molar-refractivity contribution >= 4 is 63.8 Å². The number of anilines is 5. The molecular weight excluding hydrogens is 487 g/mol. The van der Waals surface area contributed by atoms with Crippen molar-refractivity contribution in [3.05, 3.63) is 59.7 Å². The average Bonchev–Trinajstić information content (AvgIpc) is 2.68. The summed E-state index contributed by atoms with van der Waals surface area (Å²) in [7, 11) is 1.80. The third-order valence-electron chi connectivity index (χ3n) is 3.83. The lowest BCUT2D eigenvalue weighted by molar-refractivity contribution is 0.0696. The summed E-state index contributed by atoms with van der Waals surface area (Å²) < 4.78 is 1.71. The van der Waals surface area contributed by atoms with E-state index in [0.717, 1.165) is 5.69 Å². The lowest BCUT2D eigenvalue weighted by Gasteiger charge is -2.13. The summed E-state index contributed by atoms with van der Waals surface area (Å²) in [5.41, 5.74) is 2.17. The van der Waals surface area contributed by atoms with Crippen molar-refractivity contribution in [2.24, 2.45) is 0 Å². The van der Waals surface area contributed by atoms with Crippen LogP contribution < -0.4 is 13.7 Å². The third-order valence-corrected chi connectivity index (χ3v) is 4.27. The molecule has 2 aromatic carbocycles. The normalized spacial score (nSPS) is 10.3. The first-order valence-corrected chi connectivity index (χ1v) is 9.42. The first-order chi connectivity index (χ1) is 13.8. The number of halogens is 1. The molecule has 3 N–H and O–H groups in total. The smallest absolute Gasteiger partial charge is 0.335 e. The fourth-order valence-electron chi connectivity index (χ4n) is 2.36. The van der Waals surface area contributed by atoms with E-state index in [0.29, 0.717) is 29.1 Å². The van der Waals surface area contributed by atoms with Crippen molar-refractivity contribution in [2.45, 2.75) is 6.92 Å². The lowest BCUT2D eigenvalue weighted by Crippen LogP contribution is -2.11. The zero-order valence-electron chi connectivity index (χ0n) is 15.5. The number of nitrogens with zero attached hydrogens (tertiary/aromatic N) is 4. The Morgan fingerprint density at radius 2 is 1.31 bits per heavy atom. The Hall–Kier alpha value is -3.28. The van der Waals surface area contributed by atoms with E-state index in [1.54, 1.807) is 46.6 Å². The number of rotatable bonds is 7. The maximum absolute atomic E-state index is 11.4. The standard InChI is InChI=1S/C19H17IN6O3/c1-11(27)12-3-7-14(8-4-12)21-17-23-18(25-19(24-17)26(2)20)22-15-9-5-13(6-10-15)16(28)29/h3-10H,1-2H3,(H,28,29)(H2,21,22,23,24,25). The van der Waals surface area contributed by atoms with Crippen molar-refractivity contribution in [1.82, 2.24) is 15.0 Å². The van der Waals surface area contributed by atoms with Gasteiger partial charge in [0, 0.05) is 24.0 Å². The van der Waals surface area contributed by atoms with Crippen LogP contribution in [0.5, 0.6) is 0 Å². The highest BCUT2D eigenvalue weighted by Crippen LogP contribution is 2.21. The number of carboxylic acids is 1. The monoisotopic (exact) mass is 504 g/mol. The molecule has 148 valence electrons. The molecule has 0 amide bonds. The van der Waals surface area contributed by atoms with Crippen LogP contribution in [-0.2, 0) is 0 Å². The Kier molecular flexibility index (Phi) is 6.22. The van der Waals surface area contributed by atoms with E-state index < -0.39 is 5.97 Å². The van der Waals surface area contributed by atoms with Gasteiger partial charge in [-0.1, -0.05) is 0 Å². The quantitative estimate of drug-likeness (QED) is 0.249. The summed E-state index contributed by atoms with van der Waals surface area (Å²) in [5, 5.41) is 15.1. The topological polar surface area (TPSA) is 120 Å². The highest BCUT2D eigenvalue weighted by molar-refractivity contribution is 14.1. The Morgan fingerprint density at radius 1 is 0.862 bits per heavy atom. The van der Waals surface area contributed by atoms with E-state index in [4.69, 9.17) is 5.11 Å². The molecule has 0 aliphatic heterocycles. The molecule has 29 heavy (non-hydrogen) atoms. The predicted octanol–water partition coefficient (Wildman–Crippen LogP) is 4.05. The van der Waals surface area contributed by atoms with Crippen LogP contribution in [0.2, 0.25) is 0 Å². The van der Waals surface area contributed by atoms with Gasteiger partial charge in [-0.2, -0.15) is 15.0 Å². The number of Topliss-reactive ketones (excluding diaryl/α,β-unsaturated/α-hetero) is 1. The molecule has 0 atom stereocenters. The maximum Gasteiger partial charge on any atom is 0.335 e. The van der Waals surface area contributed by atoms with Gasteiger partial charge in [0.1, 0.15) is 0 Å². The minimum absolute atomic E-state index is 0.00839. The largest absolute Gasteiger partial charge is 0.478 e. The molecule has 0 bridgehead atoms. The van der Waals surface area contributed by atoms with Crippen molar-refractivity contribution in [3.8, 4) is 0 Å². The first kappa shape index (κ1) is 20.5. The highest BCUT2D eigenvalue weighted by atomic mass is 127. The summed E-state index contributed by atoms with van der Waals surface area (Å²) in [6, 6.07) is 13.2. The van der Waals surface area contributed by atoms with Gasteiger partial charge in [-0.3, -0.25) is 7.91 Å². The van der Waals surface area contributed by atoms with E-state index in [1.807, 2.05) is 22.9 Å². The van der Waals surface area contributed by atoms with E-state index in [9.17, 15) is 9.59 Å². The Morgan fingerprint density at radius 3 is 1.69 bits per heavy atom. The molecule has 9 nitrogen and oxygen atoms in total. The van der Waals surface area contributed by atoms with Gasteiger partial charge < -0.3 is 15.7 Å². The zero-order valence-corrected chi connectivity index (χ0v) is 17.7. The summed E-state index contributed by atoms with van der Waals surface area (Å²) in [6.07, 6.45) is 0. The van der Waals surface area contributed by atoms with E-state index in [2.05, 4.69) is 25.6 Å². The number of nitrogens with one attached hydrogen (secondary N) is 2. The molecule has 10 heteroatoms. The number of carbonyl (C=O) groups is 2. The van der Waals surface area contributed by atoms with Crippen LogP contribution in [0.25, 0.3) is 0 Å². The number of benzene rings is 2. The number of ketones is 1. The number of hydrogen-bond donors (Lipinski definition) is 3. The van der Waals surface area contributed by atoms with Crippen LogP contribution in [0.4, 0.5) is 29.2 Å². The molecule has 0 aliphatic carbocycles. The van der Waals surface area contributed by atoms with Crippen molar-refractivity contribution < 1.29 is 14.7 Å². The molecule has 3 aromatic rings. The molecule has 0 aliphatic rings. The molecule has 1 heterocycles. The molecule has 0 radical (unpaired) electrons. The summed E-state index contributed by atoms with van der Waals surface area (Å²) in [4.78, 5) is 35.5. The SMILES string of the molecule is CC(=O)c1ccc(Nc2nc(Nc3ccc(C(=O)O)cc3)nc(N(C)I)n2)cc1. The van der Waals surface area contributed by atoms with Gasteiger partial charge in [0.25, 0.3) is 0 Å². The van der Waals surface area contributed by atoms with Crippen molar-refractivity contribution in [1.29, 1.82) is 0 Å². The van der Waals surface area contributed by atoms with Gasteiger partial charge in [0.05, 0.1) is 28.4 Å². The fourth-order valence-corrected chi connectivity index (χ4v) is 2.57.